The lowest BCUT2D eigenvalue weighted by Crippen LogP contribution is -2.33. The molecule has 1 rings (SSSR count). The van der Waals surface area contributed by atoms with Crippen LogP contribution < -0.4 is 0 Å². The second-order valence-electron chi connectivity index (χ2n) is 2.01. The molecule has 0 N–H and O–H groups in total. The third-order valence-electron chi connectivity index (χ3n) is 1.17. The highest BCUT2D eigenvalue weighted by Gasteiger charge is 2.33. The Hall–Kier alpha value is -0.230. The van der Waals surface area contributed by atoms with E-state index in [1.54, 1.807) is 0 Å². The first-order valence-corrected chi connectivity index (χ1v) is 4.28. The maximum absolute atomic E-state index is 12.2. The fraction of sp³-hybridized carbons (Fsp3) is 1.00. The summed E-state index contributed by atoms with van der Waals surface area (Å²) in [5.74, 6) is -0.436. The van der Waals surface area contributed by atoms with Crippen LogP contribution >= 0.6 is 0 Å². The average molecular weight is 172 g/mol. The monoisotopic (exact) mass is 172 g/mol. The van der Waals surface area contributed by atoms with E-state index in [4.69, 9.17) is 0 Å². The van der Waals surface area contributed by atoms with Gasteiger partial charge in [0.15, 0.2) is 6.17 Å². The van der Waals surface area contributed by atoms with Crippen molar-refractivity contribution in [3.05, 3.63) is 0 Å². The van der Waals surface area contributed by atoms with Crippen LogP contribution in [0.5, 0.6) is 0 Å². The zero-order chi connectivity index (χ0) is 7.78. The van der Waals surface area contributed by atoms with Crippen molar-refractivity contribution in [3.8, 4) is 0 Å². The van der Waals surface area contributed by atoms with E-state index in [2.05, 4.69) is 4.18 Å². The molecular weight excluding hydrogens is 166 g/mol. The molecule has 0 radical (unpaired) electrons. The van der Waals surface area contributed by atoms with E-state index in [0.29, 0.717) is 0 Å². The molecule has 1 aliphatic rings. The SMILES string of the molecule is O=S1(=O)CCC(F)C(F)O1. The smallest absolute Gasteiger partial charge is 0.241 e. The molecule has 2 atom stereocenters. The number of halogens is 2. The first kappa shape index (κ1) is 7.87. The summed E-state index contributed by atoms with van der Waals surface area (Å²) in [5.41, 5.74) is 0. The van der Waals surface area contributed by atoms with Gasteiger partial charge in [-0.25, -0.2) is 13.0 Å². The highest BCUT2D eigenvalue weighted by molar-refractivity contribution is 7.86. The van der Waals surface area contributed by atoms with Gasteiger partial charge in [-0.3, -0.25) is 0 Å². The van der Waals surface area contributed by atoms with E-state index in [1.165, 1.54) is 0 Å². The van der Waals surface area contributed by atoms with Crippen LogP contribution in [0.2, 0.25) is 0 Å². The van der Waals surface area contributed by atoms with Crippen LogP contribution in [0.25, 0.3) is 0 Å². The number of hydrogen-bond donors (Lipinski definition) is 0. The maximum Gasteiger partial charge on any atom is 0.270 e. The Bertz CT molecular complexity index is 213. The minimum absolute atomic E-state index is 0.316. The molecule has 0 amide bonds. The lowest BCUT2D eigenvalue weighted by Gasteiger charge is -2.18. The summed E-state index contributed by atoms with van der Waals surface area (Å²) < 4.78 is 48.7. The molecule has 0 spiro atoms. The molecule has 1 fully saturated rings. The van der Waals surface area contributed by atoms with Crippen LogP contribution in [0.15, 0.2) is 0 Å². The van der Waals surface area contributed by atoms with Crippen LogP contribution in [0.3, 0.4) is 0 Å². The predicted molar refractivity (Wildman–Crippen MR) is 29.3 cm³/mol. The highest BCUT2D eigenvalue weighted by atomic mass is 32.2. The third kappa shape index (κ3) is 1.63. The van der Waals surface area contributed by atoms with Gasteiger partial charge in [-0.2, -0.15) is 8.42 Å². The van der Waals surface area contributed by atoms with Crippen molar-refractivity contribution in [2.45, 2.75) is 19.0 Å². The molecule has 1 heterocycles. The minimum atomic E-state index is -3.78. The molecule has 0 aromatic heterocycles. The largest absolute Gasteiger partial charge is 0.270 e. The second-order valence-corrected chi connectivity index (χ2v) is 3.73. The van der Waals surface area contributed by atoms with E-state index in [1.807, 2.05) is 0 Å². The highest BCUT2D eigenvalue weighted by Crippen LogP contribution is 2.19. The summed E-state index contributed by atoms with van der Waals surface area (Å²) in [6, 6.07) is 0. The molecule has 0 bridgehead atoms. The third-order valence-corrected chi connectivity index (χ3v) is 2.38. The first-order valence-electron chi connectivity index (χ1n) is 2.70. The molecule has 1 aliphatic heterocycles. The van der Waals surface area contributed by atoms with Gasteiger partial charge in [0.1, 0.15) is 0 Å². The van der Waals surface area contributed by atoms with Crippen molar-refractivity contribution in [1.29, 1.82) is 0 Å². The van der Waals surface area contributed by atoms with Gasteiger partial charge in [-0.15, -0.1) is 0 Å². The van der Waals surface area contributed by atoms with Crippen molar-refractivity contribution in [2.24, 2.45) is 0 Å². The van der Waals surface area contributed by atoms with Crippen LogP contribution in [-0.2, 0) is 14.3 Å². The molecule has 3 nitrogen and oxygen atoms in total. The predicted octanol–water partition coefficient (Wildman–Crippen LogP) is 0.370. The summed E-state index contributed by atoms with van der Waals surface area (Å²) in [4.78, 5) is 0. The molecule has 2 unspecified atom stereocenters. The Morgan fingerprint density at radius 2 is 2.00 bits per heavy atom. The second kappa shape index (κ2) is 2.43. The summed E-state index contributed by atoms with van der Waals surface area (Å²) in [6.45, 7) is 0. The van der Waals surface area contributed by atoms with Crippen LogP contribution in [0, 0.1) is 0 Å². The lowest BCUT2D eigenvalue weighted by molar-refractivity contribution is -0.0126. The summed E-state index contributed by atoms with van der Waals surface area (Å²) in [5, 5.41) is 0. The normalized spacial score (nSPS) is 39.4. The van der Waals surface area contributed by atoms with Crippen molar-refractivity contribution in [1.82, 2.24) is 0 Å². The van der Waals surface area contributed by atoms with Gasteiger partial charge in [0.25, 0.3) is 10.1 Å². The molecular formula is C4H6F2O3S. The molecule has 0 saturated carbocycles. The Morgan fingerprint density at radius 1 is 1.40 bits per heavy atom. The van der Waals surface area contributed by atoms with Gasteiger partial charge >= 0.3 is 0 Å². The summed E-state index contributed by atoms with van der Waals surface area (Å²) in [7, 11) is -3.78. The zero-order valence-electron chi connectivity index (χ0n) is 4.96. The van der Waals surface area contributed by atoms with Gasteiger partial charge in [0, 0.05) is 6.42 Å². The maximum atomic E-state index is 12.2. The Balaban J connectivity index is 2.66. The quantitative estimate of drug-likeness (QED) is 0.496. The van der Waals surface area contributed by atoms with E-state index in [9.17, 15) is 17.2 Å². The van der Waals surface area contributed by atoms with Crippen LogP contribution in [0.1, 0.15) is 6.42 Å². The van der Waals surface area contributed by atoms with Crippen molar-refractivity contribution < 1.29 is 21.4 Å². The molecule has 6 heteroatoms. The van der Waals surface area contributed by atoms with Crippen LogP contribution in [0.4, 0.5) is 8.78 Å². The summed E-state index contributed by atoms with van der Waals surface area (Å²) in [6.07, 6.45) is -4.42. The van der Waals surface area contributed by atoms with Gasteiger partial charge < -0.3 is 0 Å². The fourth-order valence-corrected chi connectivity index (χ4v) is 1.65. The number of rotatable bonds is 0. The topological polar surface area (TPSA) is 43.4 Å². The Kier molecular flexibility index (Phi) is 1.91. The standard InChI is InChI=1S/C4H6F2O3S/c5-3-1-2-10(7,8)9-4(3)6/h3-4H,1-2H2. The van der Waals surface area contributed by atoms with Gasteiger partial charge in [0.05, 0.1) is 5.75 Å². The fourth-order valence-electron chi connectivity index (χ4n) is 0.636. The number of alkyl halides is 2. The zero-order valence-corrected chi connectivity index (χ0v) is 5.77. The van der Waals surface area contributed by atoms with Gasteiger partial charge in [-0.05, 0) is 0 Å². The van der Waals surface area contributed by atoms with E-state index in [0.717, 1.165) is 0 Å². The number of hydrogen-bond acceptors (Lipinski definition) is 3. The van der Waals surface area contributed by atoms with Crippen molar-refractivity contribution >= 4 is 10.1 Å². The Labute approximate surface area is 57.1 Å². The first-order chi connectivity index (χ1) is 4.51. The summed E-state index contributed by atoms with van der Waals surface area (Å²) >= 11 is 0. The lowest BCUT2D eigenvalue weighted by atomic mass is 10.3. The van der Waals surface area contributed by atoms with Crippen molar-refractivity contribution in [2.75, 3.05) is 5.75 Å². The molecule has 10 heavy (non-hydrogen) atoms. The molecule has 1 saturated heterocycles. The minimum Gasteiger partial charge on any atom is -0.241 e. The van der Waals surface area contributed by atoms with Gasteiger partial charge in [0.2, 0.25) is 6.36 Å². The van der Waals surface area contributed by atoms with E-state index in [-0.39, 0.29) is 6.42 Å². The van der Waals surface area contributed by atoms with Crippen LogP contribution in [-0.4, -0.2) is 26.7 Å². The van der Waals surface area contributed by atoms with E-state index < -0.39 is 28.4 Å². The van der Waals surface area contributed by atoms with Gasteiger partial charge in [-0.1, -0.05) is 0 Å². The van der Waals surface area contributed by atoms with E-state index >= 15 is 0 Å². The molecule has 60 valence electrons. The Morgan fingerprint density at radius 3 is 2.40 bits per heavy atom. The average Bonchev–Trinajstić information content (AvgIpc) is 1.79. The molecule has 0 aromatic carbocycles. The molecule has 0 aromatic rings. The molecule has 0 aliphatic carbocycles. The van der Waals surface area contributed by atoms with Crippen molar-refractivity contribution in [3.63, 3.8) is 0 Å².